The molecule has 0 spiro atoms. The number of hydrogen-bond donors (Lipinski definition) is 3. The minimum atomic E-state index is -0.575. The molecule has 2 amide bonds. The number of aliphatic hydroxyl groups excluding tert-OH is 1. The highest BCUT2D eigenvalue weighted by molar-refractivity contribution is 5.97. The number of hydrogen-bond acceptors (Lipinski definition) is 7. The summed E-state index contributed by atoms with van der Waals surface area (Å²) in [7, 11) is 5.62. The summed E-state index contributed by atoms with van der Waals surface area (Å²) in [5.41, 5.74) is 5.79. The maximum absolute atomic E-state index is 14.4. The predicted molar refractivity (Wildman–Crippen MR) is 222 cm³/mol. The van der Waals surface area contributed by atoms with Crippen molar-refractivity contribution in [2.75, 3.05) is 39.3 Å². The van der Waals surface area contributed by atoms with Crippen LogP contribution in [0.15, 0.2) is 66.7 Å². The van der Waals surface area contributed by atoms with Crippen molar-refractivity contribution in [3.63, 3.8) is 0 Å². The van der Waals surface area contributed by atoms with Crippen LogP contribution in [0.4, 0.5) is 5.69 Å². The largest absolute Gasteiger partial charge is 0.496 e. The standard InChI is InChI=1S/C47H64N4O5/c1-28(2)42-41(27-52)56-51(43(42)46(54)49-40-24-36-23-39(29(40)3)47(36,4)5)26-33-15-12-16-38(44(33)55-8)34-20-35(22-37(21-34)50(6)7)45(53)48-25-30-17-18-32(19-30)31-13-10-9-11-14-31/h9-16,20-22,28-30,32,36,39-43,52H,17-19,23-27H2,1-8H3,(H,48,53)(H,49,54)/t29-,30-,32+,36+,39-,40-,41-,42-,43-/m0/s1. The van der Waals surface area contributed by atoms with Crippen molar-refractivity contribution < 1.29 is 24.3 Å². The summed E-state index contributed by atoms with van der Waals surface area (Å²) in [6, 6.07) is 22.2. The van der Waals surface area contributed by atoms with Crippen molar-refractivity contribution in [3.8, 4) is 16.9 Å². The first-order valence-corrected chi connectivity index (χ1v) is 21.0. The lowest BCUT2D eigenvalue weighted by atomic mass is 9.45. The van der Waals surface area contributed by atoms with Gasteiger partial charge < -0.3 is 25.4 Å². The minimum absolute atomic E-state index is 0.0340. The fraction of sp³-hybridized carbons (Fsp3) is 0.574. The summed E-state index contributed by atoms with van der Waals surface area (Å²) in [4.78, 5) is 36.6. The zero-order valence-electron chi connectivity index (χ0n) is 34.8. The number of carbonyl (C=O) groups is 2. The quantitative estimate of drug-likeness (QED) is 0.164. The third kappa shape index (κ3) is 7.84. The van der Waals surface area contributed by atoms with Gasteiger partial charge in [-0.2, -0.15) is 5.06 Å². The van der Waals surface area contributed by atoms with Gasteiger partial charge in [0.25, 0.3) is 5.91 Å². The fourth-order valence-corrected chi connectivity index (χ4v) is 10.8. The number of benzene rings is 3. The van der Waals surface area contributed by atoms with Crippen LogP contribution < -0.4 is 20.3 Å². The number of carbonyl (C=O) groups excluding carboxylic acids is 2. The van der Waals surface area contributed by atoms with Gasteiger partial charge in [-0.25, -0.2) is 0 Å². The molecule has 2 bridgehead atoms. The summed E-state index contributed by atoms with van der Waals surface area (Å²) in [6.07, 6.45) is 5.07. The van der Waals surface area contributed by atoms with Crippen molar-refractivity contribution in [2.24, 2.45) is 40.9 Å². The van der Waals surface area contributed by atoms with Gasteiger partial charge in [0, 0.05) is 55.0 Å². The highest BCUT2D eigenvalue weighted by Crippen LogP contribution is 2.61. The number of anilines is 1. The van der Waals surface area contributed by atoms with Crippen LogP contribution in [0.3, 0.4) is 0 Å². The van der Waals surface area contributed by atoms with Crippen molar-refractivity contribution >= 4 is 17.5 Å². The SMILES string of the molecule is COc1c(CN2O[C@@H](CO)[C@H](C(C)C)[C@H]2C(=O)N[C@H]2C[C@H]3C[C@@H]([C@@H]2C)C3(C)C)cccc1-c1cc(C(=O)NC[C@H]2CC[C@@H](c3ccccc3)C2)cc(N(C)C)c1. The van der Waals surface area contributed by atoms with Crippen LogP contribution in [0, 0.1) is 40.9 Å². The third-order valence-corrected chi connectivity index (χ3v) is 14.3. The zero-order chi connectivity index (χ0) is 39.9. The van der Waals surface area contributed by atoms with E-state index in [4.69, 9.17) is 9.57 Å². The molecule has 9 nitrogen and oxygen atoms in total. The summed E-state index contributed by atoms with van der Waals surface area (Å²) >= 11 is 0. The Morgan fingerprint density at radius 3 is 2.45 bits per heavy atom. The zero-order valence-corrected chi connectivity index (χ0v) is 34.8. The van der Waals surface area contributed by atoms with Crippen LogP contribution in [0.1, 0.15) is 94.1 Å². The molecule has 3 aromatic rings. The molecule has 4 saturated carbocycles. The Morgan fingerprint density at radius 1 is 1.02 bits per heavy atom. The molecule has 0 aromatic heterocycles. The molecule has 9 heteroatoms. The summed E-state index contributed by atoms with van der Waals surface area (Å²) in [5.74, 6) is 3.08. The highest BCUT2D eigenvalue weighted by Gasteiger charge is 2.57. The second-order valence-electron chi connectivity index (χ2n) is 18.4. The molecular weight excluding hydrogens is 701 g/mol. The van der Waals surface area contributed by atoms with Crippen LogP contribution in [-0.2, 0) is 16.2 Å². The van der Waals surface area contributed by atoms with Crippen LogP contribution in [-0.4, -0.2) is 74.5 Å². The van der Waals surface area contributed by atoms with Crippen LogP contribution in [0.5, 0.6) is 5.75 Å². The molecule has 3 N–H and O–H groups in total. The van der Waals surface area contributed by atoms with Gasteiger partial charge in [0.1, 0.15) is 17.9 Å². The number of amides is 2. The van der Waals surface area contributed by atoms with Crippen LogP contribution in [0.25, 0.3) is 11.1 Å². The van der Waals surface area contributed by atoms with Crippen LogP contribution >= 0.6 is 0 Å². The molecule has 4 aliphatic carbocycles. The number of nitrogens with one attached hydrogen (secondary N) is 2. The van der Waals surface area contributed by atoms with Crippen molar-refractivity contribution in [2.45, 2.75) is 97.4 Å². The molecule has 56 heavy (non-hydrogen) atoms. The topological polar surface area (TPSA) is 103 Å². The van der Waals surface area contributed by atoms with Gasteiger partial charge in [0.05, 0.1) is 20.3 Å². The number of para-hydroxylation sites is 1. The lowest BCUT2D eigenvalue weighted by Gasteiger charge is -2.62. The average Bonchev–Trinajstić information content (AvgIpc) is 3.82. The molecule has 302 valence electrons. The molecular formula is C47H64N4O5. The van der Waals surface area contributed by atoms with E-state index in [9.17, 15) is 14.7 Å². The normalized spacial score (nSPS) is 29.5. The van der Waals surface area contributed by atoms with E-state index in [0.29, 0.717) is 59.4 Å². The maximum atomic E-state index is 14.4. The van der Waals surface area contributed by atoms with E-state index in [0.717, 1.165) is 48.1 Å². The lowest BCUT2D eigenvalue weighted by molar-refractivity contribution is -0.183. The smallest absolute Gasteiger partial charge is 0.251 e. The third-order valence-electron chi connectivity index (χ3n) is 14.3. The molecule has 5 aliphatic rings. The fourth-order valence-electron chi connectivity index (χ4n) is 10.8. The van der Waals surface area contributed by atoms with E-state index in [1.807, 2.05) is 49.3 Å². The monoisotopic (exact) mass is 764 g/mol. The van der Waals surface area contributed by atoms with Gasteiger partial charge in [0.15, 0.2) is 0 Å². The van der Waals surface area contributed by atoms with E-state index < -0.39 is 12.1 Å². The van der Waals surface area contributed by atoms with Crippen molar-refractivity contribution in [1.29, 1.82) is 0 Å². The van der Waals surface area contributed by atoms with E-state index in [1.54, 1.807) is 12.2 Å². The van der Waals surface area contributed by atoms with Gasteiger partial charge in [0.2, 0.25) is 5.91 Å². The van der Waals surface area contributed by atoms with Gasteiger partial charge in [-0.05, 0) is 102 Å². The number of aliphatic hydroxyl groups is 1. The van der Waals surface area contributed by atoms with Gasteiger partial charge >= 0.3 is 0 Å². The molecule has 1 aliphatic heterocycles. The Bertz CT molecular complexity index is 1860. The Hall–Kier alpha value is -3.92. The van der Waals surface area contributed by atoms with E-state index in [-0.39, 0.29) is 36.3 Å². The van der Waals surface area contributed by atoms with E-state index in [2.05, 4.69) is 81.7 Å². The second kappa shape index (κ2) is 16.5. The molecule has 1 saturated heterocycles. The summed E-state index contributed by atoms with van der Waals surface area (Å²) in [6.45, 7) is 12.0. The number of rotatable bonds is 13. The molecule has 1 heterocycles. The molecule has 0 radical (unpaired) electrons. The lowest BCUT2D eigenvalue weighted by Crippen LogP contribution is -2.62. The molecule has 9 atom stereocenters. The first kappa shape index (κ1) is 40.3. The first-order valence-electron chi connectivity index (χ1n) is 21.0. The van der Waals surface area contributed by atoms with E-state index >= 15 is 0 Å². The second-order valence-corrected chi connectivity index (χ2v) is 18.4. The maximum Gasteiger partial charge on any atom is 0.251 e. The molecule has 3 aromatic carbocycles. The predicted octanol–water partition coefficient (Wildman–Crippen LogP) is 7.68. The first-order chi connectivity index (χ1) is 26.8. The summed E-state index contributed by atoms with van der Waals surface area (Å²) < 4.78 is 6.15. The highest BCUT2D eigenvalue weighted by atomic mass is 16.7. The Morgan fingerprint density at radius 2 is 1.79 bits per heavy atom. The average molecular weight is 765 g/mol. The molecule has 0 unspecified atom stereocenters. The molecule has 8 rings (SSSR count). The van der Waals surface area contributed by atoms with Gasteiger partial charge in [-0.1, -0.05) is 83.1 Å². The number of hydroxylamine groups is 2. The van der Waals surface area contributed by atoms with Crippen LogP contribution in [0.2, 0.25) is 0 Å². The summed E-state index contributed by atoms with van der Waals surface area (Å²) in [5, 5.41) is 19.0. The number of fused-ring (bicyclic) bond motifs is 2. The van der Waals surface area contributed by atoms with E-state index in [1.165, 1.54) is 12.0 Å². The molecule has 5 fully saturated rings. The van der Waals surface area contributed by atoms with Crippen molar-refractivity contribution in [3.05, 3.63) is 83.4 Å². The number of ether oxygens (including phenoxy) is 1. The van der Waals surface area contributed by atoms with Gasteiger partial charge in [-0.3, -0.25) is 14.4 Å². The Labute approximate surface area is 334 Å². The van der Waals surface area contributed by atoms with Gasteiger partial charge in [-0.15, -0.1) is 0 Å². The minimum Gasteiger partial charge on any atom is -0.496 e. The Balaban J connectivity index is 1.11. The number of nitrogens with zero attached hydrogens (tertiary/aromatic N) is 2. The van der Waals surface area contributed by atoms with Crippen molar-refractivity contribution in [1.82, 2.24) is 15.7 Å². The Kier molecular flexibility index (Phi) is 11.9. The number of methoxy groups -OCH3 is 1.